The van der Waals surface area contributed by atoms with E-state index in [9.17, 15) is 14.0 Å². The van der Waals surface area contributed by atoms with E-state index in [0.29, 0.717) is 35.3 Å². The number of halogens is 1. The molecule has 0 aliphatic carbocycles. The van der Waals surface area contributed by atoms with Gasteiger partial charge in [0.1, 0.15) is 11.6 Å². The number of β-amino-alcohol motifs (C(OH)–C–C–N with tert-alkyl or cyclic N) is 1. The van der Waals surface area contributed by atoms with E-state index in [1.807, 2.05) is 4.90 Å². The Morgan fingerprint density at radius 1 is 1.34 bits per heavy atom. The van der Waals surface area contributed by atoms with Crippen LogP contribution in [0, 0.1) is 5.82 Å². The number of piperazine rings is 1. The van der Waals surface area contributed by atoms with Crippen LogP contribution in [-0.2, 0) is 4.79 Å². The van der Waals surface area contributed by atoms with Crippen molar-refractivity contribution in [3.05, 3.63) is 34.5 Å². The smallest absolute Gasteiger partial charge is 0.410 e. The summed E-state index contributed by atoms with van der Waals surface area (Å²) in [4.78, 5) is 34.1. The third-order valence-electron chi connectivity index (χ3n) is 4.49. The minimum atomic E-state index is -0.598. The maximum absolute atomic E-state index is 13.8. The normalized spacial score (nSPS) is 18.9. The average molecular weight is 422 g/mol. The van der Waals surface area contributed by atoms with Crippen LogP contribution in [0.25, 0.3) is 6.08 Å². The topological polar surface area (TPSA) is 85.7 Å². The van der Waals surface area contributed by atoms with E-state index in [-0.39, 0.29) is 12.4 Å². The molecule has 1 N–H and O–H groups in total. The van der Waals surface area contributed by atoms with Crippen LogP contribution >= 0.6 is 11.8 Å². The van der Waals surface area contributed by atoms with Gasteiger partial charge in [-0.2, -0.15) is 4.99 Å². The number of rotatable bonds is 4. The summed E-state index contributed by atoms with van der Waals surface area (Å²) < 4.78 is 19.0. The van der Waals surface area contributed by atoms with Crippen LogP contribution in [0.15, 0.2) is 28.1 Å². The van der Waals surface area contributed by atoms with E-state index < -0.39 is 17.8 Å². The number of amidine groups is 1. The van der Waals surface area contributed by atoms with Gasteiger partial charge < -0.3 is 19.6 Å². The lowest BCUT2D eigenvalue weighted by Gasteiger charge is -2.34. The highest BCUT2D eigenvalue weighted by Gasteiger charge is 2.28. The lowest BCUT2D eigenvalue weighted by atomic mass is 10.2. The van der Waals surface area contributed by atoms with E-state index in [4.69, 9.17) is 9.84 Å². The summed E-state index contributed by atoms with van der Waals surface area (Å²) in [6.07, 6.45) is 0.895. The second-order valence-electron chi connectivity index (χ2n) is 6.81. The molecule has 1 saturated heterocycles. The summed E-state index contributed by atoms with van der Waals surface area (Å²) in [6.45, 7) is 3.72. The fraction of sp³-hybridized carbons (Fsp3) is 0.421. The number of ether oxygens (including phenoxy) is 1. The highest BCUT2D eigenvalue weighted by Crippen LogP contribution is 2.33. The summed E-state index contributed by atoms with van der Waals surface area (Å²) >= 11 is 1.22. The summed E-state index contributed by atoms with van der Waals surface area (Å²) in [7, 11) is 3.08. The Labute approximate surface area is 172 Å². The van der Waals surface area contributed by atoms with Gasteiger partial charge in [-0.15, -0.1) is 0 Å². The average Bonchev–Trinajstić information content (AvgIpc) is 3.05. The molecule has 1 aromatic rings. The zero-order valence-electron chi connectivity index (χ0n) is 16.3. The number of amides is 2. The number of hydrogen-bond acceptors (Lipinski definition) is 7. The zero-order chi connectivity index (χ0) is 21.0. The molecule has 0 unspecified atom stereocenters. The minimum absolute atomic E-state index is 0.120. The maximum atomic E-state index is 13.8. The second-order valence-corrected chi connectivity index (χ2v) is 7.82. The molecule has 156 valence electrons. The number of nitrogens with zero attached hydrogens (tertiary/aromatic N) is 4. The molecule has 2 amide bonds. The first-order chi connectivity index (χ1) is 13.9. The number of carbonyl (C=O) groups excluding carboxylic acids is 2. The lowest BCUT2D eigenvalue weighted by Crippen LogP contribution is -2.48. The van der Waals surface area contributed by atoms with Crippen LogP contribution in [-0.4, -0.2) is 90.4 Å². The predicted octanol–water partition coefficient (Wildman–Crippen LogP) is 1.47. The van der Waals surface area contributed by atoms with Gasteiger partial charge in [-0.3, -0.25) is 9.69 Å². The van der Waals surface area contributed by atoms with Gasteiger partial charge in [-0.25, -0.2) is 9.18 Å². The summed E-state index contributed by atoms with van der Waals surface area (Å²) in [5.41, 5.74) is 0.292. The highest BCUT2D eigenvalue weighted by atomic mass is 32.2. The molecule has 2 heterocycles. The van der Waals surface area contributed by atoms with Crippen LogP contribution in [0.2, 0.25) is 0 Å². The molecule has 0 aromatic heterocycles. The molecule has 0 spiro atoms. The third-order valence-corrected chi connectivity index (χ3v) is 5.53. The molecule has 0 saturated carbocycles. The van der Waals surface area contributed by atoms with Crippen molar-refractivity contribution in [2.45, 2.75) is 0 Å². The van der Waals surface area contributed by atoms with Gasteiger partial charge in [0.05, 0.1) is 11.5 Å². The number of hydrogen-bond donors (Lipinski definition) is 1. The van der Waals surface area contributed by atoms with Crippen molar-refractivity contribution < 1.29 is 23.8 Å². The molecule has 1 fully saturated rings. The Balaban J connectivity index is 1.73. The largest absolute Gasteiger partial charge is 0.414 e. The Morgan fingerprint density at radius 3 is 2.72 bits per heavy atom. The van der Waals surface area contributed by atoms with Crippen LogP contribution < -0.4 is 4.74 Å². The van der Waals surface area contributed by atoms with Gasteiger partial charge in [0.15, 0.2) is 5.17 Å². The molecule has 2 aliphatic heterocycles. The Bertz CT molecular complexity index is 851. The number of carbonyl (C=O) groups is 2. The van der Waals surface area contributed by atoms with Gasteiger partial charge in [0.25, 0.3) is 5.91 Å². The van der Waals surface area contributed by atoms with Gasteiger partial charge >= 0.3 is 6.09 Å². The number of aliphatic imine (C=N–C) groups is 1. The first-order valence-corrected chi connectivity index (χ1v) is 9.98. The van der Waals surface area contributed by atoms with Crippen molar-refractivity contribution in [3.63, 3.8) is 0 Å². The van der Waals surface area contributed by atoms with E-state index >= 15 is 0 Å². The van der Waals surface area contributed by atoms with Crippen LogP contribution in [0.1, 0.15) is 5.56 Å². The maximum Gasteiger partial charge on any atom is 0.414 e. The van der Waals surface area contributed by atoms with E-state index in [1.54, 1.807) is 14.1 Å². The van der Waals surface area contributed by atoms with Crippen LogP contribution in [0.5, 0.6) is 5.75 Å². The molecule has 0 radical (unpaired) electrons. The standard InChI is InChI=1S/C19H23FN4O4S/c1-22(2)19(27)28-15-4-3-14(20)11-13(15)12-16-17(26)21-18(29-16)24-7-5-23(6-8-24)9-10-25/h3-4,11-12,25H,5-10H2,1-2H3/b16-12-. The van der Waals surface area contributed by atoms with Crippen molar-refractivity contribution in [2.75, 3.05) is 53.4 Å². The van der Waals surface area contributed by atoms with E-state index in [1.165, 1.54) is 40.9 Å². The summed E-state index contributed by atoms with van der Waals surface area (Å²) in [5.74, 6) is -0.743. The van der Waals surface area contributed by atoms with Crippen molar-refractivity contribution in [3.8, 4) is 5.75 Å². The molecule has 3 rings (SSSR count). The molecule has 0 bridgehead atoms. The number of aliphatic hydroxyl groups is 1. The van der Waals surface area contributed by atoms with Crippen LogP contribution in [0.3, 0.4) is 0 Å². The van der Waals surface area contributed by atoms with Crippen molar-refractivity contribution in [1.29, 1.82) is 0 Å². The molecule has 29 heavy (non-hydrogen) atoms. The fourth-order valence-corrected chi connectivity index (χ4v) is 3.84. The van der Waals surface area contributed by atoms with Crippen molar-refractivity contribution in [1.82, 2.24) is 14.7 Å². The summed E-state index contributed by atoms with van der Waals surface area (Å²) in [5, 5.41) is 9.64. The third kappa shape index (κ3) is 5.34. The number of aliphatic hydroxyl groups excluding tert-OH is 1. The van der Waals surface area contributed by atoms with Crippen molar-refractivity contribution in [2.24, 2.45) is 4.99 Å². The first kappa shape index (κ1) is 21.3. The van der Waals surface area contributed by atoms with Gasteiger partial charge in [0.2, 0.25) is 0 Å². The summed E-state index contributed by atoms with van der Waals surface area (Å²) in [6, 6.07) is 3.76. The van der Waals surface area contributed by atoms with E-state index in [2.05, 4.69) is 9.89 Å². The molecular weight excluding hydrogens is 399 g/mol. The van der Waals surface area contributed by atoms with Gasteiger partial charge in [0, 0.05) is 52.4 Å². The monoisotopic (exact) mass is 422 g/mol. The lowest BCUT2D eigenvalue weighted by molar-refractivity contribution is -0.113. The highest BCUT2D eigenvalue weighted by molar-refractivity contribution is 8.18. The van der Waals surface area contributed by atoms with Crippen LogP contribution in [0.4, 0.5) is 9.18 Å². The molecule has 8 nitrogen and oxygen atoms in total. The SMILES string of the molecule is CN(C)C(=O)Oc1ccc(F)cc1/C=C1\SC(N2CCN(CCO)CC2)=NC1=O. The van der Waals surface area contributed by atoms with Crippen molar-refractivity contribution >= 4 is 35.0 Å². The Kier molecular flexibility index (Phi) is 6.88. The zero-order valence-corrected chi connectivity index (χ0v) is 17.1. The number of thioether (sulfide) groups is 1. The quantitative estimate of drug-likeness (QED) is 0.736. The molecule has 2 aliphatic rings. The van der Waals surface area contributed by atoms with E-state index in [0.717, 1.165) is 13.1 Å². The molecular formula is C19H23FN4O4S. The molecule has 10 heteroatoms. The number of benzene rings is 1. The Morgan fingerprint density at radius 2 is 2.07 bits per heavy atom. The minimum Gasteiger partial charge on any atom is -0.410 e. The predicted molar refractivity (Wildman–Crippen MR) is 109 cm³/mol. The van der Waals surface area contributed by atoms with Gasteiger partial charge in [-0.05, 0) is 36.0 Å². The second kappa shape index (κ2) is 9.38. The first-order valence-electron chi connectivity index (χ1n) is 9.17. The fourth-order valence-electron chi connectivity index (χ4n) is 2.89. The molecule has 1 aromatic carbocycles. The van der Waals surface area contributed by atoms with Gasteiger partial charge in [-0.1, -0.05) is 0 Å². The molecule has 0 atom stereocenters. The Hall–Kier alpha value is -2.43.